The topological polar surface area (TPSA) is 23.5 Å². The molecular weight excluding hydrogens is 198 g/mol. The van der Waals surface area contributed by atoms with Crippen LogP contribution in [0.1, 0.15) is 31.7 Å². The fourth-order valence-electron chi connectivity index (χ4n) is 1.90. The van der Waals surface area contributed by atoms with E-state index in [1.165, 1.54) is 5.56 Å². The van der Waals surface area contributed by atoms with Gasteiger partial charge < -0.3 is 10.0 Å². The minimum Gasteiger partial charge on any atom is -0.392 e. The molecule has 0 amide bonds. The Bertz CT molecular complexity index is 284. The minimum absolute atomic E-state index is 0.239. The average molecular weight is 221 g/mol. The third kappa shape index (κ3) is 4.77. The molecule has 0 bridgehead atoms. The highest BCUT2D eigenvalue weighted by Gasteiger charge is 2.07. The van der Waals surface area contributed by atoms with Crippen LogP contribution in [0.5, 0.6) is 0 Å². The molecule has 0 fully saturated rings. The van der Waals surface area contributed by atoms with E-state index >= 15 is 0 Å². The molecular formula is C14H23NO. The highest BCUT2D eigenvalue weighted by molar-refractivity contribution is 5.18. The van der Waals surface area contributed by atoms with Crippen LogP contribution in [-0.2, 0) is 0 Å². The molecule has 16 heavy (non-hydrogen) atoms. The van der Waals surface area contributed by atoms with Crippen LogP contribution in [0.2, 0.25) is 0 Å². The van der Waals surface area contributed by atoms with Gasteiger partial charge in [0.25, 0.3) is 0 Å². The van der Waals surface area contributed by atoms with Crippen LogP contribution in [0.25, 0.3) is 0 Å². The second-order valence-corrected chi connectivity index (χ2v) is 4.71. The number of hydrogen-bond donors (Lipinski definition) is 1. The highest BCUT2D eigenvalue weighted by Crippen LogP contribution is 2.18. The second-order valence-electron chi connectivity index (χ2n) is 4.71. The lowest BCUT2D eigenvalue weighted by molar-refractivity contribution is 0.140. The van der Waals surface area contributed by atoms with Gasteiger partial charge in [-0.3, -0.25) is 0 Å². The number of benzene rings is 1. The summed E-state index contributed by atoms with van der Waals surface area (Å²) in [6.07, 6.45) is 0.893. The highest BCUT2D eigenvalue weighted by atomic mass is 16.3. The van der Waals surface area contributed by atoms with Gasteiger partial charge in [0.1, 0.15) is 0 Å². The van der Waals surface area contributed by atoms with Gasteiger partial charge in [0, 0.05) is 6.54 Å². The van der Waals surface area contributed by atoms with Crippen molar-refractivity contribution in [2.75, 3.05) is 20.1 Å². The molecule has 0 saturated heterocycles. The van der Waals surface area contributed by atoms with Crippen molar-refractivity contribution >= 4 is 0 Å². The fourth-order valence-corrected chi connectivity index (χ4v) is 1.90. The summed E-state index contributed by atoms with van der Waals surface area (Å²) in [6.45, 7) is 5.87. The van der Waals surface area contributed by atoms with Crippen molar-refractivity contribution in [1.29, 1.82) is 0 Å². The van der Waals surface area contributed by atoms with E-state index in [0.717, 1.165) is 19.5 Å². The summed E-state index contributed by atoms with van der Waals surface area (Å²) in [6, 6.07) is 10.6. The second kappa shape index (κ2) is 6.66. The van der Waals surface area contributed by atoms with Gasteiger partial charge in [-0.05, 0) is 38.4 Å². The summed E-state index contributed by atoms with van der Waals surface area (Å²) in [7, 11) is 2.06. The first-order valence-corrected chi connectivity index (χ1v) is 6.01. The monoisotopic (exact) mass is 221 g/mol. The van der Waals surface area contributed by atoms with Gasteiger partial charge in [-0.15, -0.1) is 0 Å². The van der Waals surface area contributed by atoms with Crippen LogP contribution >= 0.6 is 0 Å². The average Bonchev–Trinajstić information content (AvgIpc) is 2.26. The van der Waals surface area contributed by atoms with E-state index in [1.807, 2.05) is 6.92 Å². The van der Waals surface area contributed by atoms with E-state index in [4.69, 9.17) is 0 Å². The predicted octanol–water partition coefficient (Wildman–Crippen LogP) is 2.49. The van der Waals surface area contributed by atoms with E-state index in [-0.39, 0.29) is 6.10 Å². The minimum atomic E-state index is -0.239. The van der Waals surface area contributed by atoms with Crippen LogP contribution < -0.4 is 0 Å². The smallest absolute Gasteiger partial charge is 0.0638 e. The molecule has 0 aliphatic rings. The Morgan fingerprint density at radius 2 is 1.81 bits per heavy atom. The van der Waals surface area contributed by atoms with Crippen molar-refractivity contribution in [3.8, 4) is 0 Å². The summed E-state index contributed by atoms with van der Waals surface area (Å²) in [5.74, 6) is 0.581. The molecule has 0 spiro atoms. The Hall–Kier alpha value is -0.860. The number of likely N-dealkylation sites (N-methyl/N-ethyl adjacent to an activating group) is 1. The van der Waals surface area contributed by atoms with Gasteiger partial charge in [0.2, 0.25) is 0 Å². The van der Waals surface area contributed by atoms with Gasteiger partial charge in [-0.2, -0.15) is 0 Å². The van der Waals surface area contributed by atoms with Crippen LogP contribution in [0.3, 0.4) is 0 Å². The first-order chi connectivity index (χ1) is 7.59. The summed E-state index contributed by atoms with van der Waals surface area (Å²) in [5, 5.41) is 9.26. The fraction of sp³-hybridized carbons (Fsp3) is 0.571. The molecule has 0 saturated carbocycles. The summed E-state index contributed by atoms with van der Waals surface area (Å²) in [5.41, 5.74) is 1.40. The zero-order valence-electron chi connectivity index (χ0n) is 10.6. The molecule has 0 aliphatic heterocycles. The summed E-state index contributed by atoms with van der Waals surface area (Å²) in [4.78, 5) is 2.18. The molecule has 2 heteroatoms. The standard InChI is InChI=1S/C14H23NO/c1-12(14-7-5-4-6-8-14)9-10-15(3)11-13(2)16/h4-8,12-13,16H,9-11H2,1-3H3/t12-,13+/m1/s1. The van der Waals surface area contributed by atoms with Crippen molar-refractivity contribution < 1.29 is 5.11 Å². The SMILES string of the molecule is C[C@H](O)CN(C)CC[C@@H](C)c1ccccc1. The molecule has 2 atom stereocenters. The number of hydrogen-bond acceptors (Lipinski definition) is 2. The molecule has 1 aromatic carbocycles. The Labute approximate surface area is 98.9 Å². The van der Waals surface area contributed by atoms with Crippen LogP contribution in [0.15, 0.2) is 30.3 Å². The maximum absolute atomic E-state index is 9.26. The lowest BCUT2D eigenvalue weighted by Gasteiger charge is -2.20. The Morgan fingerprint density at radius 1 is 1.19 bits per heavy atom. The molecule has 0 aromatic heterocycles. The lowest BCUT2D eigenvalue weighted by atomic mass is 9.98. The van der Waals surface area contributed by atoms with E-state index in [0.29, 0.717) is 5.92 Å². The van der Waals surface area contributed by atoms with Crippen LogP contribution in [-0.4, -0.2) is 36.2 Å². The van der Waals surface area contributed by atoms with Crippen molar-refractivity contribution in [3.05, 3.63) is 35.9 Å². The Morgan fingerprint density at radius 3 is 2.38 bits per heavy atom. The van der Waals surface area contributed by atoms with Crippen molar-refractivity contribution in [2.45, 2.75) is 32.3 Å². The van der Waals surface area contributed by atoms with Crippen LogP contribution in [0, 0.1) is 0 Å². The zero-order chi connectivity index (χ0) is 12.0. The van der Waals surface area contributed by atoms with Gasteiger partial charge >= 0.3 is 0 Å². The Kier molecular flexibility index (Phi) is 5.50. The normalized spacial score (nSPS) is 15.1. The molecule has 0 aliphatic carbocycles. The molecule has 1 rings (SSSR count). The first-order valence-electron chi connectivity index (χ1n) is 6.01. The third-order valence-corrected chi connectivity index (χ3v) is 2.89. The van der Waals surface area contributed by atoms with Gasteiger partial charge in [-0.1, -0.05) is 37.3 Å². The summed E-state index contributed by atoms with van der Waals surface area (Å²) >= 11 is 0. The van der Waals surface area contributed by atoms with Crippen molar-refractivity contribution in [3.63, 3.8) is 0 Å². The molecule has 1 aromatic rings. The zero-order valence-corrected chi connectivity index (χ0v) is 10.6. The molecule has 0 heterocycles. The molecule has 1 N–H and O–H groups in total. The van der Waals surface area contributed by atoms with E-state index in [2.05, 4.69) is 49.2 Å². The molecule has 2 nitrogen and oxygen atoms in total. The van der Waals surface area contributed by atoms with Crippen molar-refractivity contribution in [2.24, 2.45) is 0 Å². The Balaban J connectivity index is 2.33. The lowest BCUT2D eigenvalue weighted by Crippen LogP contribution is -2.28. The van der Waals surface area contributed by atoms with Gasteiger partial charge in [0.05, 0.1) is 6.10 Å². The molecule has 0 unspecified atom stereocenters. The maximum atomic E-state index is 9.26. The largest absolute Gasteiger partial charge is 0.392 e. The van der Waals surface area contributed by atoms with Crippen LogP contribution in [0.4, 0.5) is 0 Å². The first kappa shape index (κ1) is 13.2. The number of aliphatic hydroxyl groups excluding tert-OH is 1. The van der Waals surface area contributed by atoms with E-state index in [9.17, 15) is 5.11 Å². The maximum Gasteiger partial charge on any atom is 0.0638 e. The number of aliphatic hydroxyl groups is 1. The quantitative estimate of drug-likeness (QED) is 0.798. The van der Waals surface area contributed by atoms with Crippen molar-refractivity contribution in [1.82, 2.24) is 4.90 Å². The third-order valence-electron chi connectivity index (χ3n) is 2.89. The number of rotatable bonds is 6. The van der Waals surface area contributed by atoms with Gasteiger partial charge in [-0.25, -0.2) is 0 Å². The van der Waals surface area contributed by atoms with E-state index < -0.39 is 0 Å². The van der Waals surface area contributed by atoms with Gasteiger partial charge in [0.15, 0.2) is 0 Å². The van der Waals surface area contributed by atoms with E-state index in [1.54, 1.807) is 0 Å². The molecule has 90 valence electrons. The number of nitrogens with zero attached hydrogens (tertiary/aromatic N) is 1. The predicted molar refractivity (Wildman–Crippen MR) is 68.7 cm³/mol. The molecule has 0 radical (unpaired) electrons. The summed E-state index contributed by atoms with van der Waals surface area (Å²) < 4.78 is 0.